The summed E-state index contributed by atoms with van der Waals surface area (Å²) in [5, 5.41) is 12.1. The van der Waals surface area contributed by atoms with Gasteiger partial charge in [-0.3, -0.25) is 0 Å². The van der Waals surface area contributed by atoms with Crippen LogP contribution in [0.15, 0.2) is 0 Å². The van der Waals surface area contributed by atoms with Crippen LogP contribution in [0.5, 0.6) is 0 Å². The van der Waals surface area contributed by atoms with Crippen molar-refractivity contribution < 1.29 is 4.74 Å². The first-order valence-corrected chi connectivity index (χ1v) is 6.54. The maximum Gasteiger partial charge on any atom is 0.0628 e. The van der Waals surface area contributed by atoms with Crippen LogP contribution in [0, 0.1) is 16.7 Å². The Morgan fingerprint density at radius 1 is 1.31 bits per heavy atom. The molecule has 2 rings (SSSR count). The molecule has 0 aliphatic heterocycles. The third-order valence-corrected chi connectivity index (χ3v) is 3.85. The topological polar surface area (TPSA) is 45.0 Å². The van der Waals surface area contributed by atoms with E-state index >= 15 is 0 Å². The van der Waals surface area contributed by atoms with E-state index in [9.17, 15) is 0 Å². The van der Waals surface area contributed by atoms with Crippen LogP contribution >= 0.6 is 0 Å². The molecule has 0 aromatic heterocycles. The summed E-state index contributed by atoms with van der Waals surface area (Å²) in [6, 6.07) is 2.28. The van der Waals surface area contributed by atoms with E-state index in [0.29, 0.717) is 17.9 Å². The number of nitriles is 1. The molecule has 90 valence electrons. The summed E-state index contributed by atoms with van der Waals surface area (Å²) in [5.74, 6) is 0. The molecule has 1 N–H and O–H groups in total. The Labute approximate surface area is 98.2 Å². The average Bonchev–Trinajstić information content (AvgIpc) is 2.85. The molecule has 0 radical (unpaired) electrons. The van der Waals surface area contributed by atoms with E-state index in [0.717, 1.165) is 19.7 Å². The van der Waals surface area contributed by atoms with Crippen LogP contribution in [0.25, 0.3) is 0 Å². The van der Waals surface area contributed by atoms with E-state index in [1.54, 1.807) is 0 Å². The highest BCUT2D eigenvalue weighted by molar-refractivity contribution is 5.00. The minimum absolute atomic E-state index is 0.322. The van der Waals surface area contributed by atoms with Gasteiger partial charge in [0.25, 0.3) is 0 Å². The molecule has 3 nitrogen and oxygen atoms in total. The molecule has 0 amide bonds. The van der Waals surface area contributed by atoms with Crippen LogP contribution in [0.1, 0.15) is 44.9 Å². The van der Waals surface area contributed by atoms with Crippen molar-refractivity contribution in [3.8, 4) is 6.07 Å². The lowest BCUT2D eigenvalue weighted by atomic mass is 10.0. The molecule has 3 heteroatoms. The van der Waals surface area contributed by atoms with Crippen LogP contribution in [0.3, 0.4) is 0 Å². The fourth-order valence-corrected chi connectivity index (χ4v) is 2.47. The van der Waals surface area contributed by atoms with Crippen molar-refractivity contribution in [3.63, 3.8) is 0 Å². The predicted molar refractivity (Wildman–Crippen MR) is 63.0 cm³/mol. The van der Waals surface area contributed by atoms with Crippen LogP contribution in [0.4, 0.5) is 0 Å². The number of hydrogen-bond donors (Lipinski definition) is 1. The molecule has 0 unspecified atom stereocenters. The maximum atomic E-state index is 8.69. The molecule has 0 heterocycles. The van der Waals surface area contributed by atoms with Crippen molar-refractivity contribution >= 4 is 0 Å². The normalized spacial score (nSPS) is 23.2. The molecule has 0 aromatic rings. The monoisotopic (exact) mass is 222 g/mol. The lowest BCUT2D eigenvalue weighted by molar-refractivity contribution is 0.0599. The second-order valence-electron chi connectivity index (χ2n) is 5.29. The second-order valence-corrected chi connectivity index (χ2v) is 5.29. The zero-order valence-corrected chi connectivity index (χ0v) is 10.0. The predicted octanol–water partition coefficient (Wildman–Crippen LogP) is 2.23. The summed E-state index contributed by atoms with van der Waals surface area (Å²) in [7, 11) is 0. The minimum atomic E-state index is 0.322. The first kappa shape index (κ1) is 11.9. The lowest BCUT2D eigenvalue weighted by Gasteiger charge is -2.14. The molecule has 2 aliphatic carbocycles. The number of nitrogens with one attached hydrogen (secondary N) is 1. The second kappa shape index (κ2) is 5.65. The van der Waals surface area contributed by atoms with Gasteiger partial charge in [0.05, 0.1) is 18.8 Å². The van der Waals surface area contributed by atoms with Crippen LogP contribution < -0.4 is 5.32 Å². The molecule has 16 heavy (non-hydrogen) atoms. The van der Waals surface area contributed by atoms with Gasteiger partial charge in [-0.15, -0.1) is 0 Å². The third kappa shape index (κ3) is 3.47. The Kier molecular flexibility index (Phi) is 4.20. The first-order chi connectivity index (χ1) is 7.85. The fraction of sp³-hybridized carbons (Fsp3) is 0.923. The molecule has 2 fully saturated rings. The molecule has 0 aromatic carbocycles. The number of hydrogen-bond acceptors (Lipinski definition) is 3. The van der Waals surface area contributed by atoms with E-state index in [1.807, 2.05) is 0 Å². The standard InChI is InChI=1S/C13H22N2O/c14-8-7-13(5-6-13)11-15-9-10-16-12-3-1-2-4-12/h12,15H,1-7,9-11H2. The van der Waals surface area contributed by atoms with Crippen molar-refractivity contribution in [2.45, 2.75) is 51.0 Å². The summed E-state index contributed by atoms with van der Waals surface area (Å²) >= 11 is 0. The summed E-state index contributed by atoms with van der Waals surface area (Å²) in [6.45, 7) is 2.76. The molecule has 0 saturated heterocycles. The minimum Gasteiger partial charge on any atom is -0.377 e. The van der Waals surface area contributed by atoms with E-state index < -0.39 is 0 Å². The highest BCUT2D eigenvalue weighted by Crippen LogP contribution is 2.47. The highest BCUT2D eigenvalue weighted by atomic mass is 16.5. The summed E-state index contributed by atoms with van der Waals surface area (Å²) in [5.41, 5.74) is 0.322. The Hall–Kier alpha value is -0.590. The molecular weight excluding hydrogens is 200 g/mol. The molecule has 0 atom stereocenters. The van der Waals surface area contributed by atoms with Gasteiger partial charge in [0, 0.05) is 19.5 Å². The van der Waals surface area contributed by atoms with Crippen LogP contribution in [0.2, 0.25) is 0 Å². The Morgan fingerprint density at radius 3 is 2.69 bits per heavy atom. The third-order valence-electron chi connectivity index (χ3n) is 3.85. The van der Waals surface area contributed by atoms with Gasteiger partial charge in [-0.1, -0.05) is 12.8 Å². The number of ether oxygens (including phenoxy) is 1. The molecule has 0 bridgehead atoms. The van der Waals surface area contributed by atoms with Gasteiger partial charge < -0.3 is 10.1 Å². The van der Waals surface area contributed by atoms with Gasteiger partial charge >= 0.3 is 0 Å². The fourth-order valence-electron chi connectivity index (χ4n) is 2.47. The smallest absolute Gasteiger partial charge is 0.0628 e. The number of rotatable bonds is 7. The van der Waals surface area contributed by atoms with Crippen molar-refractivity contribution in [2.75, 3.05) is 19.7 Å². The number of nitrogens with zero attached hydrogens (tertiary/aromatic N) is 1. The Balaban J connectivity index is 1.47. The molecule has 2 saturated carbocycles. The molecule has 0 spiro atoms. The van der Waals surface area contributed by atoms with Crippen LogP contribution in [-0.2, 0) is 4.74 Å². The SMILES string of the molecule is N#CCC1(CNCCOC2CCCC2)CC1. The van der Waals surface area contributed by atoms with Crippen molar-refractivity contribution in [2.24, 2.45) is 5.41 Å². The van der Waals surface area contributed by atoms with E-state index in [-0.39, 0.29) is 0 Å². The van der Waals surface area contributed by atoms with Crippen molar-refractivity contribution in [1.29, 1.82) is 5.26 Å². The van der Waals surface area contributed by atoms with Gasteiger partial charge in [0.2, 0.25) is 0 Å². The van der Waals surface area contributed by atoms with Crippen molar-refractivity contribution in [3.05, 3.63) is 0 Å². The van der Waals surface area contributed by atoms with Gasteiger partial charge in [-0.25, -0.2) is 0 Å². The lowest BCUT2D eigenvalue weighted by Crippen LogP contribution is -2.28. The maximum absolute atomic E-state index is 8.69. The first-order valence-electron chi connectivity index (χ1n) is 6.54. The van der Waals surface area contributed by atoms with Gasteiger partial charge in [0.15, 0.2) is 0 Å². The van der Waals surface area contributed by atoms with Gasteiger partial charge in [-0.2, -0.15) is 5.26 Å². The van der Waals surface area contributed by atoms with Crippen LogP contribution in [-0.4, -0.2) is 25.8 Å². The summed E-state index contributed by atoms with van der Waals surface area (Å²) in [4.78, 5) is 0. The largest absolute Gasteiger partial charge is 0.377 e. The Bertz CT molecular complexity index is 249. The van der Waals surface area contributed by atoms with Crippen molar-refractivity contribution in [1.82, 2.24) is 5.32 Å². The van der Waals surface area contributed by atoms with Gasteiger partial charge in [0.1, 0.15) is 0 Å². The summed E-state index contributed by atoms with van der Waals surface area (Å²) in [6.07, 6.45) is 8.84. The molecular formula is C13H22N2O. The zero-order chi connectivity index (χ0) is 11.3. The average molecular weight is 222 g/mol. The Morgan fingerprint density at radius 2 is 2.06 bits per heavy atom. The van der Waals surface area contributed by atoms with E-state index in [2.05, 4.69) is 11.4 Å². The highest BCUT2D eigenvalue weighted by Gasteiger charge is 2.41. The zero-order valence-electron chi connectivity index (χ0n) is 10.0. The quantitative estimate of drug-likeness (QED) is 0.672. The summed E-state index contributed by atoms with van der Waals surface area (Å²) < 4.78 is 5.77. The van der Waals surface area contributed by atoms with E-state index in [4.69, 9.17) is 10.00 Å². The van der Waals surface area contributed by atoms with Gasteiger partial charge in [-0.05, 0) is 31.1 Å². The molecule has 2 aliphatic rings. The van der Waals surface area contributed by atoms with E-state index in [1.165, 1.54) is 38.5 Å².